The number of thioether (sulfide) groups is 1. The van der Waals surface area contributed by atoms with Gasteiger partial charge in [0.25, 0.3) is 0 Å². The summed E-state index contributed by atoms with van der Waals surface area (Å²) in [5, 5.41) is 21.0. The van der Waals surface area contributed by atoms with Gasteiger partial charge in [-0.1, -0.05) is 30.0 Å². The fraction of sp³-hybridized carbons (Fsp3) is 0.357. The maximum atomic E-state index is 12.0. The van der Waals surface area contributed by atoms with Crippen LogP contribution in [0.1, 0.15) is 17.7 Å². The highest BCUT2D eigenvalue weighted by Crippen LogP contribution is 2.26. The van der Waals surface area contributed by atoms with E-state index in [1.54, 1.807) is 6.26 Å². The quantitative estimate of drug-likeness (QED) is 0.671. The van der Waals surface area contributed by atoms with Gasteiger partial charge in [-0.15, -0.1) is 20.4 Å². The number of amides is 1. The van der Waals surface area contributed by atoms with Gasteiger partial charge in [0.05, 0.1) is 17.6 Å². The van der Waals surface area contributed by atoms with Gasteiger partial charge in [0.2, 0.25) is 11.0 Å². The van der Waals surface area contributed by atoms with Crippen molar-refractivity contribution in [3.63, 3.8) is 0 Å². The lowest BCUT2D eigenvalue weighted by molar-refractivity contribution is -0.113. The number of carbonyl (C=O) groups excluding carboxylic acids is 1. The lowest BCUT2D eigenvalue weighted by Gasteiger charge is -2.03. The lowest BCUT2D eigenvalue weighted by Crippen LogP contribution is -2.14. The van der Waals surface area contributed by atoms with E-state index < -0.39 is 0 Å². The molecule has 24 heavy (non-hydrogen) atoms. The Labute approximate surface area is 146 Å². The average molecular weight is 364 g/mol. The van der Waals surface area contributed by atoms with Crippen LogP contribution in [0.3, 0.4) is 0 Å². The van der Waals surface area contributed by atoms with Crippen LogP contribution in [0.15, 0.2) is 21.9 Å². The van der Waals surface area contributed by atoms with E-state index in [4.69, 9.17) is 4.42 Å². The molecule has 126 valence electrons. The molecule has 10 heteroatoms. The predicted molar refractivity (Wildman–Crippen MR) is 92.1 cm³/mol. The Morgan fingerprint density at radius 2 is 2.21 bits per heavy atom. The molecule has 3 aromatic rings. The Morgan fingerprint density at radius 3 is 2.88 bits per heavy atom. The van der Waals surface area contributed by atoms with Crippen molar-refractivity contribution in [3.8, 4) is 11.4 Å². The van der Waals surface area contributed by atoms with Crippen LogP contribution in [0.4, 0.5) is 5.13 Å². The van der Waals surface area contributed by atoms with Gasteiger partial charge in [-0.3, -0.25) is 10.1 Å². The van der Waals surface area contributed by atoms with Crippen LogP contribution in [-0.4, -0.2) is 36.6 Å². The molecule has 3 aromatic heterocycles. The fourth-order valence-corrected chi connectivity index (χ4v) is 3.43. The van der Waals surface area contributed by atoms with Gasteiger partial charge < -0.3 is 8.98 Å². The summed E-state index contributed by atoms with van der Waals surface area (Å²) in [6.45, 7) is 3.87. The van der Waals surface area contributed by atoms with Crippen molar-refractivity contribution in [1.29, 1.82) is 0 Å². The number of anilines is 1. The number of rotatable bonds is 6. The Bertz CT molecular complexity index is 853. The second-order valence-corrected chi connectivity index (χ2v) is 6.95. The van der Waals surface area contributed by atoms with Gasteiger partial charge in [-0.25, -0.2) is 0 Å². The van der Waals surface area contributed by atoms with Gasteiger partial charge in [0, 0.05) is 7.05 Å². The van der Waals surface area contributed by atoms with Gasteiger partial charge in [0.1, 0.15) is 10.8 Å². The minimum absolute atomic E-state index is 0.150. The smallest absolute Gasteiger partial charge is 0.236 e. The number of hydrogen-bond acceptors (Lipinski definition) is 8. The number of hydrogen-bond donors (Lipinski definition) is 1. The first-order valence-electron chi connectivity index (χ1n) is 7.27. The number of nitrogens with zero attached hydrogens (tertiary/aromatic N) is 5. The molecule has 0 aliphatic rings. The van der Waals surface area contributed by atoms with E-state index in [2.05, 4.69) is 25.7 Å². The maximum absolute atomic E-state index is 12.0. The average Bonchev–Trinajstić information content (AvgIpc) is 3.26. The van der Waals surface area contributed by atoms with Crippen molar-refractivity contribution in [2.24, 2.45) is 7.05 Å². The summed E-state index contributed by atoms with van der Waals surface area (Å²) in [7, 11) is 1.86. The molecule has 3 rings (SSSR count). The summed E-state index contributed by atoms with van der Waals surface area (Å²) in [6, 6.07) is 1.85. The molecular weight excluding hydrogens is 348 g/mol. The van der Waals surface area contributed by atoms with Crippen molar-refractivity contribution in [1.82, 2.24) is 25.0 Å². The number of aryl methyl sites for hydroxylation is 2. The predicted octanol–water partition coefficient (Wildman–Crippen LogP) is 2.53. The summed E-state index contributed by atoms with van der Waals surface area (Å²) in [5.74, 6) is 1.56. The molecule has 0 saturated heterocycles. The van der Waals surface area contributed by atoms with E-state index in [-0.39, 0.29) is 11.7 Å². The molecular formula is C14H16N6O2S2. The highest BCUT2D eigenvalue weighted by atomic mass is 32.2. The Morgan fingerprint density at radius 1 is 1.38 bits per heavy atom. The van der Waals surface area contributed by atoms with Crippen LogP contribution < -0.4 is 5.32 Å². The normalized spacial score (nSPS) is 11.0. The Hall–Kier alpha value is -2.20. The van der Waals surface area contributed by atoms with E-state index in [1.165, 1.54) is 23.1 Å². The SMILES string of the molecule is CCc1nnc(NC(=O)CSc2nnc(-c3ccoc3C)n2C)s1. The van der Waals surface area contributed by atoms with Crippen molar-refractivity contribution in [2.75, 3.05) is 11.1 Å². The molecule has 8 nitrogen and oxygen atoms in total. The third-order valence-electron chi connectivity index (χ3n) is 3.28. The lowest BCUT2D eigenvalue weighted by atomic mass is 10.2. The van der Waals surface area contributed by atoms with E-state index in [0.29, 0.717) is 16.1 Å². The number of aromatic nitrogens is 5. The molecule has 1 amide bonds. The largest absolute Gasteiger partial charge is 0.469 e. The molecule has 0 unspecified atom stereocenters. The topological polar surface area (TPSA) is 98.7 Å². The Kier molecular flexibility index (Phi) is 4.95. The first-order valence-corrected chi connectivity index (χ1v) is 9.07. The molecule has 0 radical (unpaired) electrons. The first-order chi connectivity index (χ1) is 11.6. The number of carbonyl (C=O) groups is 1. The van der Waals surface area contributed by atoms with Crippen molar-refractivity contribution >= 4 is 34.1 Å². The molecule has 1 N–H and O–H groups in total. The molecule has 0 atom stereocenters. The standard InChI is InChI=1S/C14H16N6O2S2/c1-4-11-16-18-13(24-11)15-10(21)7-23-14-19-17-12(20(14)3)9-5-6-22-8(9)2/h5-6H,4,7H2,1-3H3,(H,15,18,21). The minimum Gasteiger partial charge on any atom is -0.469 e. The molecule has 0 bridgehead atoms. The monoisotopic (exact) mass is 364 g/mol. The van der Waals surface area contributed by atoms with E-state index in [1.807, 2.05) is 31.5 Å². The highest BCUT2D eigenvalue weighted by molar-refractivity contribution is 7.99. The molecule has 0 fully saturated rings. The zero-order valence-corrected chi connectivity index (χ0v) is 15.1. The van der Waals surface area contributed by atoms with Crippen LogP contribution in [0.2, 0.25) is 0 Å². The molecule has 0 aromatic carbocycles. The molecule has 0 aliphatic heterocycles. The van der Waals surface area contributed by atoms with Gasteiger partial charge in [-0.2, -0.15) is 0 Å². The molecule has 3 heterocycles. The van der Waals surface area contributed by atoms with Crippen LogP contribution in [0.25, 0.3) is 11.4 Å². The minimum atomic E-state index is -0.150. The van der Waals surface area contributed by atoms with E-state index in [0.717, 1.165) is 22.8 Å². The summed E-state index contributed by atoms with van der Waals surface area (Å²) in [6.07, 6.45) is 2.42. The second-order valence-electron chi connectivity index (χ2n) is 4.95. The number of furan rings is 1. The zero-order chi connectivity index (χ0) is 17.1. The van der Waals surface area contributed by atoms with Crippen molar-refractivity contribution in [3.05, 3.63) is 23.1 Å². The number of nitrogens with one attached hydrogen (secondary N) is 1. The van der Waals surface area contributed by atoms with Crippen LogP contribution in [0, 0.1) is 6.92 Å². The van der Waals surface area contributed by atoms with Gasteiger partial charge in [0.15, 0.2) is 11.0 Å². The summed E-state index contributed by atoms with van der Waals surface area (Å²) in [5.41, 5.74) is 0.891. The third-order valence-corrected chi connectivity index (χ3v) is 5.29. The summed E-state index contributed by atoms with van der Waals surface area (Å²) in [4.78, 5) is 12.0. The maximum Gasteiger partial charge on any atom is 0.236 e. The zero-order valence-electron chi connectivity index (χ0n) is 13.4. The fourth-order valence-electron chi connectivity index (χ4n) is 2.02. The summed E-state index contributed by atoms with van der Waals surface area (Å²) < 4.78 is 7.14. The third kappa shape index (κ3) is 3.49. The van der Waals surface area contributed by atoms with E-state index >= 15 is 0 Å². The van der Waals surface area contributed by atoms with Gasteiger partial charge in [-0.05, 0) is 19.4 Å². The molecule has 0 spiro atoms. The molecule has 0 saturated carbocycles. The van der Waals surface area contributed by atoms with Crippen molar-refractivity contribution in [2.45, 2.75) is 25.4 Å². The van der Waals surface area contributed by atoms with Crippen LogP contribution >= 0.6 is 23.1 Å². The highest BCUT2D eigenvalue weighted by Gasteiger charge is 2.16. The first kappa shape index (κ1) is 16.7. The Balaban J connectivity index is 1.61. The molecule has 0 aliphatic carbocycles. The van der Waals surface area contributed by atoms with Crippen molar-refractivity contribution < 1.29 is 9.21 Å². The van der Waals surface area contributed by atoms with Crippen LogP contribution in [-0.2, 0) is 18.3 Å². The summed E-state index contributed by atoms with van der Waals surface area (Å²) >= 11 is 2.70. The van der Waals surface area contributed by atoms with E-state index in [9.17, 15) is 4.79 Å². The van der Waals surface area contributed by atoms with Gasteiger partial charge >= 0.3 is 0 Å². The second kappa shape index (κ2) is 7.14. The van der Waals surface area contributed by atoms with Crippen LogP contribution in [0.5, 0.6) is 0 Å².